The number of hydrogen-bond donors (Lipinski definition) is 0. The highest BCUT2D eigenvalue weighted by Gasteiger charge is 2.30. The van der Waals surface area contributed by atoms with E-state index in [1.165, 1.54) is 56.6 Å². The summed E-state index contributed by atoms with van der Waals surface area (Å²) in [5.74, 6) is 1.94. The Balaban J connectivity index is 1.55. The van der Waals surface area contributed by atoms with Crippen molar-refractivity contribution >= 4 is 16.3 Å². The van der Waals surface area contributed by atoms with Gasteiger partial charge in [-0.05, 0) is 32.2 Å². The van der Waals surface area contributed by atoms with Gasteiger partial charge in [-0.3, -0.25) is 4.90 Å². The van der Waals surface area contributed by atoms with Crippen LogP contribution >= 0.6 is 11.3 Å². The molecular formula is C16H25N5S. The van der Waals surface area contributed by atoms with Crippen LogP contribution in [0.3, 0.4) is 0 Å². The Bertz CT molecular complexity index is 640. The maximum atomic E-state index is 4.86. The Morgan fingerprint density at radius 2 is 1.91 bits per heavy atom. The second-order valence-electron chi connectivity index (χ2n) is 7.12. The van der Waals surface area contributed by atoms with Crippen LogP contribution in [0.4, 0.5) is 0 Å². The first-order valence-corrected chi connectivity index (χ1v) is 9.50. The molecule has 1 aliphatic heterocycles. The lowest BCUT2D eigenvalue weighted by Crippen LogP contribution is -2.40. The Morgan fingerprint density at radius 1 is 1.09 bits per heavy atom. The lowest BCUT2D eigenvalue weighted by atomic mass is 9.97. The van der Waals surface area contributed by atoms with Crippen LogP contribution in [0.5, 0.6) is 0 Å². The highest BCUT2D eigenvalue weighted by Crippen LogP contribution is 2.34. The zero-order valence-corrected chi connectivity index (χ0v) is 14.3. The lowest BCUT2D eigenvalue weighted by molar-refractivity contribution is 0.149. The lowest BCUT2D eigenvalue weighted by Gasteiger charge is -2.35. The fourth-order valence-electron chi connectivity index (χ4n) is 3.98. The minimum atomic E-state index is 0.367. The zero-order chi connectivity index (χ0) is 15.1. The topological polar surface area (TPSA) is 46.3 Å². The first-order chi connectivity index (χ1) is 10.7. The van der Waals surface area contributed by atoms with Crippen LogP contribution in [0.2, 0.25) is 0 Å². The molecule has 1 aliphatic carbocycles. The van der Waals surface area contributed by atoms with Gasteiger partial charge in [-0.1, -0.05) is 38.0 Å². The summed E-state index contributed by atoms with van der Waals surface area (Å²) in [7, 11) is 0. The average molecular weight is 319 g/mol. The predicted molar refractivity (Wildman–Crippen MR) is 88.6 cm³/mol. The van der Waals surface area contributed by atoms with Gasteiger partial charge in [0.1, 0.15) is 5.01 Å². The Hall–Kier alpha value is -1.01. The number of likely N-dealkylation sites (tertiary alicyclic amines) is 1. The molecule has 6 heteroatoms. The first kappa shape index (κ1) is 14.6. The smallest absolute Gasteiger partial charge is 0.234 e. The quantitative estimate of drug-likeness (QED) is 0.869. The van der Waals surface area contributed by atoms with Crippen molar-refractivity contribution in [3.63, 3.8) is 0 Å². The predicted octanol–water partition coefficient (Wildman–Crippen LogP) is 3.43. The monoisotopic (exact) mass is 319 g/mol. The number of hydrogen-bond acceptors (Lipinski definition) is 5. The summed E-state index contributed by atoms with van der Waals surface area (Å²) in [5.41, 5.74) is 0. The Morgan fingerprint density at radius 3 is 2.68 bits per heavy atom. The van der Waals surface area contributed by atoms with Crippen LogP contribution in [-0.2, 0) is 0 Å². The van der Waals surface area contributed by atoms with Crippen LogP contribution in [0.25, 0.3) is 4.96 Å². The fourth-order valence-corrected chi connectivity index (χ4v) is 4.95. The van der Waals surface area contributed by atoms with Gasteiger partial charge in [-0.25, -0.2) is 0 Å². The molecule has 1 atom stereocenters. The molecular weight excluding hydrogens is 294 g/mol. The van der Waals surface area contributed by atoms with Gasteiger partial charge >= 0.3 is 0 Å². The zero-order valence-electron chi connectivity index (χ0n) is 13.5. The molecule has 3 heterocycles. The van der Waals surface area contributed by atoms with Gasteiger partial charge in [0.25, 0.3) is 0 Å². The molecule has 2 aromatic rings. The Labute approximate surface area is 135 Å². The molecule has 2 fully saturated rings. The van der Waals surface area contributed by atoms with Crippen molar-refractivity contribution in [3.8, 4) is 0 Å². The molecule has 1 saturated carbocycles. The van der Waals surface area contributed by atoms with E-state index in [-0.39, 0.29) is 0 Å². The molecule has 120 valence electrons. The van der Waals surface area contributed by atoms with Crippen LogP contribution in [-0.4, -0.2) is 43.8 Å². The maximum absolute atomic E-state index is 4.86. The Kier molecular flexibility index (Phi) is 3.90. The van der Waals surface area contributed by atoms with Crippen molar-refractivity contribution in [2.75, 3.05) is 13.1 Å². The normalized spacial score (nSPS) is 24.8. The second kappa shape index (κ2) is 5.89. The van der Waals surface area contributed by atoms with Crippen LogP contribution in [0, 0.1) is 0 Å². The molecule has 0 N–H and O–H groups in total. The van der Waals surface area contributed by atoms with Gasteiger partial charge in [-0.2, -0.15) is 9.61 Å². The number of piperidine rings is 1. The van der Waals surface area contributed by atoms with E-state index in [0.717, 1.165) is 16.8 Å². The molecule has 22 heavy (non-hydrogen) atoms. The van der Waals surface area contributed by atoms with Crippen molar-refractivity contribution in [1.29, 1.82) is 0 Å². The van der Waals surface area contributed by atoms with Gasteiger partial charge in [0, 0.05) is 24.4 Å². The number of nitrogens with zero attached hydrogens (tertiary/aromatic N) is 5. The van der Waals surface area contributed by atoms with Crippen LogP contribution in [0.1, 0.15) is 75.0 Å². The highest BCUT2D eigenvalue weighted by atomic mass is 32.1. The van der Waals surface area contributed by atoms with E-state index in [9.17, 15) is 0 Å². The van der Waals surface area contributed by atoms with E-state index in [4.69, 9.17) is 5.10 Å². The standard InChI is InChI=1S/C16H25N5S/c1-11(2)14-17-18-16-21(14)19-15(22-16)12-6-5-9-20(10-12)13-7-3-4-8-13/h11-13H,3-10H2,1-2H3/t12-/m1/s1. The fraction of sp³-hybridized carbons (Fsp3) is 0.812. The van der Waals surface area contributed by atoms with E-state index in [2.05, 4.69) is 28.9 Å². The molecule has 2 aliphatic rings. The SMILES string of the molecule is CC(C)c1nnc2sc([C@@H]3CCCN(C4CCCC4)C3)nn12. The number of rotatable bonds is 3. The van der Waals surface area contributed by atoms with Gasteiger partial charge < -0.3 is 0 Å². The third kappa shape index (κ3) is 2.56. The van der Waals surface area contributed by atoms with Crippen molar-refractivity contribution in [2.24, 2.45) is 0 Å². The molecule has 5 nitrogen and oxygen atoms in total. The molecule has 0 amide bonds. The molecule has 0 unspecified atom stereocenters. The summed E-state index contributed by atoms with van der Waals surface area (Å²) in [6.45, 7) is 6.77. The van der Waals surface area contributed by atoms with Crippen molar-refractivity contribution in [3.05, 3.63) is 10.8 Å². The summed E-state index contributed by atoms with van der Waals surface area (Å²) in [5, 5.41) is 14.7. The molecule has 4 rings (SSSR count). The van der Waals surface area contributed by atoms with Gasteiger partial charge in [0.2, 0.25) is 4.96 Å². The summed E-state index contributed by atoms with van der Waals surface area (Å²) < 4.78 is 1.97. The maximum Gasteiger partial charge on any atom is 0.234 e. The second-order valence-corrected chi connectivity index (χ2v) is 8.11. The van der Waals surface area contributed by atoms with Crippen LogP contribution < -0.4 is 0 Å². The van der Waals surface area contributed by atoms with Gasteiger partial charge in [-0.15, -0.1) is 10.2 Å². The molecule has 0 bridgehead atoms. The van der Waals surface area contributed by atoms with E-state index in [1.807, 2.05) is 4.52 Å². The largest absolute Gasteiger partial charge is 0.300 e. The third-order valence-corrected chi connectivity index (χ3v) is 6.25. The minimum Gasteiger partial charge on any atom is -0.300 e. The number of fused-ring (bicyclic) bond motifs is 1. The highest BCUT2D eigenvalue weighted by molar-refractivity contribution is 7.16. The molecule has 0 spiro atoms. The summed E-state index contributed by atoms with van der Waals surface area (Å²) >= 11 is 1.74. The number of aromatic nitrogens is 4. The van der Waals surface area contributed by atoms with E-state index in [0.29, 0.717) is 11.8 Å². The van der Waals surface area contributed by atoms with E-state index in [1.54, 1.807) is 11.3 Å². The molecule has 0 aromatic carbocycles. The molecule has 1 saturated heterocycles. The van der Waals surface area contributed by atoms with Crippen LogP contribution in [0.15, 0.2) is 0 Å². The average Bonchev–Trinajstić information content (AvgIpc) is 3.23. The minimum absolute atomic E-state index is 0.367. The van der Waals surface area contributed by atoms with Gasteiger partial charge in [0.05, 0.1) is 0 Å². The molecule has 0 radical (unpaired) electrons. The molecule has 2 aromatic heterocycles. The van der Waals surface area contributed by atoms with Crippen molar-refractivity contribution < 1.29 is 0 Å². The third-order valence-electron chi connectivity index (χ3n) is 5.19. The van der Waals surface area contributed by atoms with Crippen molar-refractivity contribution in [2.45, 2.75) is 70.3 Å². The van der Waals surface area contributed by atoms with E-state index < -0.39 is 0 Å². The van der Waals surface area contributed by atoms with Gasteiger partial charge in [0.15, 0.2) is 5.82 Å². The first-order valence-electron chi connectivity index (χ1n) is 8.68. The summed E-state index contributed by atoms with van der Waals surface area (Å²) in [6.07, 6.45) is 8.20. The summed E-state index contributed by atoms with van der Waals surface area (Å²) in [4.78, 5) is 3.68. The summed E-state index contributed by atoms with van der Waals surface area (Å²) in [6, 6.07) is 0.833. The van der Waals surface area contributed by atoms with E-state index >= 15 is 0 Å². The van der Waals surface area contributed by atoms with Crippen molar-refractivity contribution in [1.82, 2.24) is 24.7 Å².